The third kappa shape index (κ3) is 3.90. The molecule has 1 aliphatic heterocycles. The summed E-state index contributed by atoms with van der Waals surface area (Å²) >= 11 is 0. The number of rotatable bonds is 4. The van der Waals surface area contributed by atoms with Gasteiger partial charge in [0.05, 0.1) is 12.1 Å². The van der Waals surface area contributed by atoms with Crippen molar-refractivity contribution in [3.05, 3.63) is 17.0 Å². The van der Waals surface area contributed by atoms with Crippen molar-refractivity contribution in [2.45, 2.75) is 60.9 Å². The van der Waals surface area contributed by atoms with E-state index in [-0.39, 0.29) is 5.91 Å². The SMILES string of the molecule is Cc1nn(CC(C)C)c(C)c1CC(=O)N1CC(C)CC(C)C1. The molecule has 2 rings (SSSR count). The molecule has 1 saturated heterocycles. The predicted octanol–water partition coefficient (Wildman–Crippen LogP) is 3.20. The van der Waals surface area contributed by atoms with Crippen molar-refractivity contribution in [1.29, 1.82) is 0 Å². The molecule has 2 heterocycles. The predicted molar refractivity (Wildman–Crippen MR) is 89.8 cm³/mol. The van der Waals surface area contributed by atoms with Gasteiger partial charge in [0.25, 0.3) is 0 Å². The van der Waals surface area contributed by atoms with Gasteiger partial charge in [-0.3, -0.25) is 9.48 Å². The molecule has 0 bridgehead atoms. The van der Waals surface area contributed by atoms with E-state index in [0.717, 1.165) is 36.6 Å². The Hall–Kier alpha value is -1.32. The zero-order chi connectivity index (χ0) is 16.4. The van der Waals surface area contributed by atoms with Crippen molar-refractivity contribution in [3.63, 3.8) is 0 Å². The molecule has 2 atom stereocenters. The van der Waals surface area contributed by atoms with E-state index in [4.69, 9.17) is 0 Å². The van der Waals surface area contributed by atoms with Crippen LogP contribution in [0.1, 0.15) is 51.1 Å². The van der Waals surface area contributed by atoms with Gasteiger partial charge in [-0.05, 0) is 38.0 Å². The summed E-state index contributed by atoms with van der Waals surface area (Å²) in [5.41, 5.74) is 3.28. The summed E-state index contributed by atoms with van der Waals surface area (Å²) in [5, 5.41) is 4.62. The van der Waals surface area contributed by atoms with Gasteiger partial charge in [0.15, 0.2) is 0 Å². The number of aromatic nitrogens is 2. The Kier molecular flexibility index (Phi) is 5.30. The van der Waals surface area contributed by atoms with E-state index >= 15 is 0 Å². The fourth-order valence-corrected chi connectivity index (χ4v) is 3.64. The molecule has 4 nitrogen and oxygen atoms in total. The van der Waals surface area contributed by atoms with Gasteiger partial charge in [-0.25, -0.2) is 0 Å². The fourth-order valence-electron chi connectivity index (χ4n) is 3.64. The molecule has 0 aromatic carbocycles. The van der Waals surface area contributed by atoms with Crippen molar-refractivity contribution in [1.82, 2.24) is 14.7 Å². The van der Waals surface area contributed by atoms with Gasteiger partial charge in [0.2, 0.25) is 5.91 Å². The van der Waals surface area contributed by atoms with Gasteiger partial charge in [0, 0.05) is 30.9 Å². The maximum absolute atomic E-state index is 12.7. The van der Waals surface area contributed by atoms with E-state index in [1.54, 1.807) is 0 Å². The molecule has 1 fully saturated rings. The van der Waals surface area contributed by atoms with Crippen LogP contribution in [0.25, 0.3) is 0 Å². The molecule has 0 saturated carbocycles. The molecular weight excluding hydrogens is 274 g/mol. The number of nitrogens with zero attached hydrogens (tertiary/aromatic N) is 3. The zero-order valence-electron chi connectivity index (χ0n) is 15.0. The normalized spacial score (nSPS) is 22.4. The van der Waals surface area contributed by atoms with Crippen LogP contribution in [0.4, 0.5) is 0 Å². The Balaban J connectivity index is 2.10. The van der Waals surface area contributed by atoms with Gasteiger partial charge in [-0.15, -0.1) is 0 Å². The smallest absolute Gasteiger partial charge is 0.227 e. The molecule has 2 unspecified atom stereocenters. The summed E-state index contributed by atoms with van der Waals surface area (Å²) in [4.78, 5) is 14.7. The number of carbonyl (C=O) groups excluding carboxylic acids is 1. The minimum absolute atomic E-state index is 0.258. The monoisotopic (exact) mass is 305 g/mol. The minimum Gasteiger partial charge on any atom is -0.342 e. The minimum atomic E-state index is 0.258. The van der Waals surface area contributed by atoms with E-state index in [9.17, 15) is 4.79 Å². The van der Waals surface area contributed by atoms with Gasteiger partial charge >= 0.3 is 0 Å². The highest BCUT2D eigenvalue weighted by Crippen LogP contribution is 2.23. The summed E-state index contributed by atoms with van der Waals surface area (Å²) in [6.45, 7) is 15.7. The maximum atomic E-state index is 12.7. The van der Waals surface area contributed by atoms with Crippen LogP contribution in [0.3, 0.4) is 0 Å². The number of amides is 1. The van der Waals surface area contributed by atoms with Crippen LogP contribution in [0.5, 0.6) is 0 Å². The van der Waals surface area contributed by atoms with Gasteiger partial charge < -0.3 is 4.90 Å². The number of aryl methyl sites for hydroxylation is 1. The maximum Gasteiger partial charge on any atom is 0.227 e. The van der Waals surface area contributed by atoms with Crippen LogP contribution >= 0.6 is 0 Å². The topological polar surface area (TPSA) is 38.1 Å². The summed E-state index contributed by atoms with van der Waals surface area (Å²) < 4.78 is 2.06. The third-order valence-electron chi connectivity index (χ3n) is 4.62. The first-order valence-corrected chi connectivity index (χ1v) is 8.58. The fraction of sp³-hybridized carbons (Fsp3) is 0.778. The molecule has 4 heteroatoms. The lowest BCUT2D eigenvalue weighted by Crippen LogP contribution is -2.43. The highest BCUT2D eigenvalue weighted by molar-refractivity contribution is 5.79. The molecule has 1 aromatic heterocycles. The van der Waals surface area contributed by atoms with E-state index < -0.39 is 0 Å². The van der Waals surface area contributed by atoms with Crippen molar-refractivity contribution in [3.8, 4) is 0 Å². The number of piperidine rings is 1. The number of hydrogen-bond acceptors (Lipinski definition) is 2. The first kappa shape index (κ1) is 17.0. The lowest BCUT2D eigenvalue weighted by Gasteiger charge is -2.35. The second-order valence-electron chi connectivity index (χ2n) is 7.65. The quantitative estimate of drug-likeness (QED) is 0.857. The molecule has 0 spiro atoms. The van der Waals surface area contributed by atoms with Crippen LogP contribution in [-0.2, 0) is 17.8 Å². The van der Waals surface area contributed by atoms with Crippen LogP contribution < -0.4 is 0 Å². The van der Waals surface area contributed by atoms with Crippen molar-refractivity contribution in [2.75, 3.05) is 13.1 Å². The number of hydrogen-bond donors (Lipinski definition) is 0. The lowest BCUT2D eigenvalue weighted by molar-refractivity contribution is -0.133. The van der Waals surface area contributed by atoms with Crippen molar-refractivity contribution in [2.24, 2.45) is 17.8 Å². The Bertz CT molecular complexity index is 523. The molecule has 1 aromatic rings. The first-order valence-electron chi connectivity index (χ1n) is 8.58. The summed E-state index contributed by atoms with van der Waals surface area (Å²) in [6.07, 6.45) is 1.73. The van der Waals surface area contributed by atoms with Crippen LogP contribution in [0, 0.1) is 31.6 Å². The molecular formula is C18H31N3O. The molecule has 22 heavy (non-hydrogen) atoms. The first-order chi connectivity index (χ1) is 10.3. The number of likely N-dealkylation sites (tertiary alicyclic amines) is 1. The average molecular weight is 305 g/mol. The zero-order valence-corrected chi connectivity index (χ0v) is 15.0. The second-order valence-corrected chi connectivity index (χ2v) is 7.65. The van der Waals surface area contributed by atoms with Gasteiger partial charge in [-0.2, -0.15) is 5.10 Å². The van der Waals surface area contributed by atoms with Crippen molar-refractivity contribution >= 4 is 5.91 Å². The van der Waals surface area contributed by atoms with E-state index in [1.165, 1.54) is 6.42 Å². The molecule has 1 aliphatic rings. The summed E-state index contributed by atoms with van der Waals surface area (Å²) in [5.74, 6) is 2.04. The molecule has 0 aliphatic carbocycles. The van der Waals surface area contributed by atoms with Crippen molar-refractivity contribution < 1.29 is 4.79 Å². The Morgan fingerprint density at radius 1 is 1.23 bits per heavy atom. The van der Waals surface area contributed by atoms with Crippen LogP contribution in [0.2, 0.25) is 0 Å². The molecule has 0 radical (unpaired) electrons. The Morgan fingerprint density at radius 2 is 1.82 bits per heavy atom. The lowest BCUT2D eigenvalue weighted by atomic mass is 9.91. The second kappa shape index (κ2) is 6.84. The highest BCUT2D eigenvalue weighted by atomic mass is 16.2. The summed E-state index contributed by atoms with van der Waals surface area (Å²) in [6, 6.07) is 0. The molecule has 1 amide bonds. The average Bonchev–Trinajstić information content (AvgIpc) is 2.64. The van der Waals surface area contributed by atoms with E-state index in [2.05, 4.69) is 49.3 Å². The van der Waals surface area contributed by atoms with E-state index in [1.807, 2.05) is 6.92 Å². The summed E-state index contributed by atoms with van der Waals surface area (Å²) in [7, 11) is 0. The Morgan fingerprint density at radius 3 is 2.36 bits per heavy atom. The van der Waals surface area contributed by atoms with Gasteiger partial charge in [0.1, 0.15) is 0 Å². The largest absolute Gasteiger partial charge is 0.342 e. The van der Waals surface area contributed by atoms with Crippen LogP contribution in [0.15, 0.2) is 0 Å². The third-order valence-corrected chi connectivity index (χ3v) is 4.62. The molecule has 124 valence electrons. The number of carbonyl (C=O) groups is 1. The molecule has 0 N–H and O–H groups in total. The Labute approximate surface area is 134 Å². The van der Waals surface area contributed by atoms with E-state index in [0.29, 0.717) is 24.2 Å². The highest BCUT2D eigenvalue weighted by Gasteiger charge is 2.26. The van der Waals surface area contributed by atoms with Gasteiger partial charge in [-0.1, -0.05) is 27.7 Å². The van der Waals surface area contributed by atoms with Crippen LogP contribution in [-0.4, -0.2) is 33.7 Å². The standard InChI is InChI=1S/C18H31N3O/c1-12(2)9-21-16(6)17(15(5)19-21)8-18(22)20-10-13(3)7-14(4)11-20/h12-14H,7-11H2,1-6H3.